The molecular weight excluding hydrogens is 487 g/mol. The van der Waals surface area contributed by atoms with Gasteiger partial charge in [-0.15, -0.1) is 0 Å². The molecule has 0 aliphatic carbocycles. The van der Waals surface area contributed by atoms with Crippen molar-refractivity contribution in [2.75, 3.05) is 13.1 Å². The zero-order valence-electron chi connectivity index (χ0n) is 18.2. The summed E-state index contributed by atoms with van der Waals surface area (Å²) in [4.78, 5) is 11.6. The molecule has 0 spiro atoms. The summed E-state index contributed by atoms with van der Waals surface area (Å²) in [7, 11) is -3.69. The number of carboxylic acids is 1. The predicted molar refractivity (Wildman–Crippen MR) is 128 cm³/mol. The van der Waals surface area contributed by atoms with E-state index in [2.05, 4.69) is 0 Å². The number of carboxylic acid groups (broad SMARTS) is 1. The molecule has 1 fully saturated rings. The van der Waals surface area contributed by atoms with E-state index >= 15 is 0 Å². The van der Waals surface area contributed by atoms with Gasteiger partial charge >= 0.3 is 5.97 Å². The average molecular weight is 511 g/mol. The third kappa shape index (κ3) is 4.71. The maximum Gasteiger partial charge on any atom is 0.323 e. The van der Waals surface area contributed by atoms with Gasteiger partial charge in [-0.1, -0.05) is 23.2 Å². The first-order chi connectivity index (χ1) is 15.6. The van der Waals surface area contributed by atoms with Crippen molar-refractivity contribution in [3.05, 3.63) is 58.2 Å². The lowest BCUT2D eigenvalue weighted by Crippen LogP contribution is -2.28. The first-order valence-corrected chi connectivity index (χ1v) is 12.7. The number of hydrogen-bond acceptors (Lipinski definition) is 4. The monoisotopic (exact) mass is 510 g/mol. The van der Waals surface area contributed by atoms with Crippen LogP contribution in [0.3, 0.4) is 0 Å². The summed E-state index contributed by atoms with van der Waals surface area (Å²) < 4.78 is 35.1. The van der Waals surface area contributed by atoms with E-state index in [4.69, 9.17) is 27.9 Å². The van der Waals surface area contributed by atoms with Gasteiger partial charge in [0, 0.05) is 30.6 Å². The minimum Gasteiger partial charge on any atom is -0.491 e. The molecule has 1 aromatic heterocycles. The van der Waals surface area contributed by atoms with Gasteiger partial charge in [0.2, 0.25) is 10.0 Å². The highest BCUT2D eigenvalue weighted by Crippen LogP contribution is 2.41. The summed E-state index contributed by atoms with van der Waals surface area (Å²) in [5, 5.41) is 10.8. The first kappa shape index (κ1) is 23.9. The quantitative estimate of drug-likeness (QED) is 0.483. The molecule has 1 aliphatic rings. The summed E-state index contributed by atoms with van der Waals surface area (Å²) in [6.07, 6.45) is 2.31. The van der Waals surface area contributed by atoms with Crippen LogP contribution in [-0.4, -0.2) is 47.6 Å². The number of ether oxygens (including phenoxy) is 1. The van der Waals surface area contributed by atoms with Crippen molar-refractivity contribution in [2.24, 2.45) is 0 Å². The Morgan fingerprint density at radius 1 is 1.15 bits per heavy atom. The summed E-state index contributed by atoms with van der Waals surface area (Å²) >= 11 is 12.8. The molecule has 10 heteroatoms. The van der Waals surface area contributed by atoms with Crippen molar-refractivity contribution in [2.45, 2.75) is 43.7 Å². The van der Waals surface area contributed by atoms with E-state index in [9.17, 15) is 18.3 Å². The van der Waals surface area contributed by atoms with E-state index in [1.807, 2.05) is 13.8 Å². The molecule has 1 saturated heterocycles. The highest BCUT2D eigenvalue weighted by molar-refractivity contribution is 7.89. The van der Waals surface area contributed by atoms with Gasteiger partial charge in [-0.3, -0.25) is 4.79 Å². The number of fused-ring (bicyclic) bond motifs is 1. The summed E-state index contributed by atoms with van der Waals surface area (Å²) in [5.74, 6) is -0.534. The first-order valence-electron chi connectivity index (χ1n) is 10.5. The fourth-order valence-electron chi connectivity index (χ4n) is 4.29. The SMILES string of the molecule is CC(C)Oc1ccc(S(=O)(=O)N2CCC(c3cn(CC(=O)O)c4c(Cl)ccc(Cl)c34)C2)cc1. The van der Waals surface area contributed by atoms with Gasteiger partial charge in [0.05, 0.1) is 26.6 Å². The average Bonchev–Trinajstić information content (AvgIpc) is 3.36. The topological polar surface area (TPSA) is 88.8 Å². The third-order valence-corrected chi connectivity index (χ3v) is 8.18. The highest BCUT2D eigenvalue weighted by atomic mass is 35.5. The minimum absolute atomic E-state index is 0.00428. The second-order valence-electron chi connectivity index (χ2n) is 8.35. The largest absolute Gasteiger partial charge is 0.491 e. The molecule has 0 saturated carbocycles. The highest BCUT2D eigenvalue weighted by Gasteiger charge is 2.35. The predicted octanol–water partition coefficient (Wildman–Crippen LogP) is 5.00. The van der Waals surface area contributed by atoms with E-state index < -0.39 is 16.0 Å². The van der Waals surface area contributed by atoms with Crippen LogP contribution in [0.5, 0.6) is 5.75 Å². The molecule has 1 unspecified atom stereocenters. The molecule has 33 heavy (non-hydrogen) atoms. The number of hydrogen-bond donors (Lipinski definition) is 1. The van der Waals surface area contributed by atoms with E-state index in [-0.39, 0.29) is 30.0 Å². The van der Waals surface area contributed by atoms with Crippen LogP contribution in [0.2, 0.25) is 10.0 Å². The number of sulfonamides is 1. The van der Waals surface area contributed by atoms with Crippen molar-refractivity contribution in [3.8, 4) is 5.75 Å². The van der Waals surface area contributed by atoms with Crippen molar-refractivity contribution in [1.82, 2.24) is 8.87 Å². The number of aliphatic carboxylic acids is 1. The zero-order chi connectivity index (χ0) is 23.9. The second-order valence-corrected chi connectivity index (χ2v) is 11.1. The van der Waals surface area contributed by atoms with Crippen molar-refractivity contribution >= 4 is 50.1 Å². The Morgan fingerprint density at radius 3 is 2.45 bits per heavy atom. The lowest BCUT2D eigenvalue weighted by Gasteiger charge is -2.17. The lowest BCUT2D eigenvalue weighted by molar-refractivity contribution is -0.137. The van der Waals surface area contributed by atoms with Crippen LogP contribution in [0.1, 0.15) is 31.7 Å². The molecule has 1 atom stereocenters. The number of carbonyl (C=O) groups is 1. The van der Waals surface area contributed by atoms with Crippen molar-refractivity contribution in [3.63, 3.8) is 0 Å². The van der Waals surface area contributed by atoms with Crippen LogP contribution in [0.25, 0.3) is 10.9 Å². The van der Waals surface area contributed by atoms with E-state index in [0.717, 1.165) is 5.56 Å². The maximum atomic E-state index is 13.2. The Kier molecular flexibility index (Phi) is 6.64. The molecule has 1 N–H and O–H groups in total. The van der Waals surface area contributed by atoms with Crippen LogP contribution in [0.15, 0.2) is 47.5 Å². The Hall–Kier alpha value is -2.26. The molecule has 0 amide bonds. The fraction of sp³-hybridized carbons (Fsp3) is 0.348. The van der Waals surface area contributed by atoms with Gasteiger partial charge in [-0.05, 0) is 62.2 Å². The van der Waals surface area contributed by atoms with Crippen LogP contribution < -0.4 is 4.74 Å². The van der Waals surface area contributed by atoms with Crippen molar-refractivity contribution in [1.29, 1.82) is 0 Å². The molecule has 7 nitrogen and oxygen atoms in total. The Labute approximate surface area is 202 Å². The molecule has 1 aliphatic heterocycles. The normalized spacial score (nSPS) is 17.2. The van der Waals surface area contributed by atoms with Crippen LogP contribution >= 0.6 is 23.2 Å². The van der Waals surface area contributed by atoms with Gasteiger partial charge in [0.1, 0.15) is 12.3 Å². The Morgan fingerprint density at radius 2 is 1.82 bits per heavy atom. The molecule has 2 aromatic carbocycles. The summed E-state index contributed by atoms with van der Waals surface area (Å²) in [6.45, 7) is 4.16. The molecule has 3 aromatic rings. The maximum absolute atomic E-state index is 13.2. The molecule has 4 rings (SSSR count). The Bertz CT molecular complexity index is 1300. The van der Waals surface area contributed by atoms with Crippen molar-refractivity contribution < 1.29 is 23.1 Å². The van der Waals surface area contributed by atoms with E-state index in [0.29, 0.717) is 39.7 Å². The van der Waals surface area contributed by atoms with Gasteiger partial charge < -0.3 is 14.4 Å². The molecule has 0 radical (unpaired) electrons. The van der Waals surface area contributed by atoms with Gasteiger partial charge in [0.15, 0.2) is 0 Å². The standard InChI is InChI=1S/C23H24Cl2N2O5S/c1-14(2)32-16-3-5-17(6-4-16)33(30,31)27-10-9-15(11-27)18-12-26(13-21(28)29)23-20(25)8-7-19(24)22(18)23/h3-8,12,14-15H,9-11,13H2,1-2H3,(H,28,29). The number of aromatic nitrogens is 1. The number of halogens is 2. The van der Waals surface area contributed by atoms with Crippen LogP contribution in [0, 0.1) is 0 Å². The second kappa shape index (κ2) is 9.18. The summed E-state index contributed by atoms with van der Waals surface area (Å²) in [6, 6.07) is 9.71. The summed E-state index contributed by atoms with van der Waals surface area (Å²) in [5.41, 5.74) is 1.35. The van der Waals surface area contributed by atoms with Gasteiger partial charge in [-0.25, -0.2) is 8.42 Å². The number of benzene rings is 2. The zero-order valence-corrected chi connectivity index (χ0v) is 20.5. The van der Waals surface area contributed by atoms with Crippen LogP contribution in [-0.2, 0) is 21.4 Å². The fourth-order valence-corrected chi connectivity index (χ4v) is 6.31. The van der Waals surface area contributed by atoms with Gasteiger partial charge in [-0.2, -0.15) is 4.31 Å². The van der Waals surface area contributed by atoms with E-state index in [1.54, 1.807) is 47.2 Å². The molecule has 176 valence electrons. The van der Waals surface area contributed by atoms with E-state index in [1.165, 1.54) is 4.31 Å². The lowest BCUT2D eigenvalue weighted by atomic mass is 9.98. The third-order valence-electron chi connectivity index (χ3n) is 5.68. The van der Waals surface area contributed by atoms with Gasteiger partial charge in [0.25, 0.3) is 0 Å². The smallest absolute Gasteiger partial charge is 0.323 e. The molecule has 0 bridgehead atoms. The number of nitrogens with zero attached hydrogens (tertiary/aromatic N) is 2. The molecular formula is C23H24Cl2N2O5S. The number of rotatable bonds is 7. The Balaban J connectivity index is 1.64. The minimum atomic E-state index is -3.69. The molecule has 2 heterocycles. The van der Waals surface area contributed by atoms with Crippen LogP contribution in [0.4, 0.5) is 0 Å².